The molecule has 3 N–H and O–H groups in total. The molecule has 0 radical (unpaired) electrons. The van der Waals surface area contributed by atoms with Crippen LogP contribution in [-0.2, 0) is 16.1 Å². The maximum Gasteiger partial charge on any atom is 0.437 e. The van der Waals surface area contributed by atoms with Crippen LogP contribution in [0.25, 0.3) is 0 Å². The molecule has 0 bridgehead atoms. The van der Waals surface area contributed by atoms with E-state index in [2.05, 4.69) is 10.2 Å². The molecule has 2 aromatic rings. The van der Waals surface area contributed by atoms with Crippen molar-refractivity contribution in [2.24, 2.45) is 5.92 Å². The first kappa shape index (κ1) is 24.4. The maximum absolute atomic E-state index is 13.8. The second-order valence-corrected chi connectivity index (χ2v) is 7.66. The van der Waals surface area contributed by atoms with Gasteiger partial charge in [0, 0.05) is 18.8 Å². The molecule has 7 nitrogen and oxygen atoms in total. The molecular formula is C23H26F3N3O4. The van der Waals surface area contributed by atoms with Crippen LogP contribution in [0.4, 0.5) is 23.7 Å². The van der Waals surface area contributed by atoms with E-state index in [0.29, 0.717) is 13.1 Å². The maximum atomic E-state index is 13.8. The average molecular weight is 465 g/mol. The third-order valence-electron chi connectivity index (χ3n) is 5.56. The topological polar surface area (TPSA) is 90.9 Å². The molecule has 1 aliphatic rings. The highest BCUT2D eigenvalue weighted by atomic mass is 19.4. The highest BCUT2D eigenvalue weighted by Gasteiger charge is 2.67. The van der Waals surface area contributed by atoms with Crippen molar-refractivity contribution in [1.82, 2.24) is 10.6 Å². The number of carbonyl (C=O) groups is 2. The summed E-state index contributed by atoms with van der Waals surface area (Å²) in [6.07, 6.45) is -5.31. The molecule has 1 saturated heterocycles. The van der Waals surface area contributed by atoms with Gasteiger partial charge in [-0.15, -0.1) is 0 Å². The highest BCUT2D eigenvalue weighted by molar-refractivity contribution is 5.83. The monoisotopic (exact) mass is 465 g/mol. The Kier molecular flexibility index (Phi) is 7.16. The first-order valence-electron chi connectivity index (χ1n) is 10.5. The first-order chi connectivity index (χ1) is 15.6. The molecule has 0 aliphatic carbocycles. The van der Waals surface area contributed by atoms with Crippen molar-refractivity contribution in [2.45, 2.75) is 38.3 Å². The number of amides is 2. The van der Waals surface area contributed by atoms with Crippen LogP contribution in [0.1, 0.15) is 31.0 Å². The van der Waals surface area contributed by atoms with Crippen molar-refractivity contribution in [3.63, 3.8) is 0 Å². The predicted octanol–water partition coefficient (Wildman–Crippen LogP) is 3.50. The van der Waals surface area contributed by atoms with Gasteiger partial charge in [0.05, 0.1) is 12.6 Å². The summed E-state index contributed by atoms with van der Waals surface area (Å²) < 4.78 is 46.1. The Labute approximate surface area is 189 Å². The molecule has 10 heteroatoms. The van der Waals surface area contributed by atoms with Crippen molar-refractivity contribution in [1.29, 1.82) is 0 Å². The fourth-order valence-corrected chi connectivity index (χ4v) is 3.90. The van der Waals surface area contributed by atoms with Gasteiger partial charge in [-0.05, 0) is 37.1 Å². The number of nitrogens with one attached hydrogen (secondary N) is 2. The third-order valence-corrected chi connectivity index (χ3v) is 5.56. The minimum Gasteiger partial charge on any atom is -0.466 e. The van der Waals surface area contributed by atoms with Gasteiger partial charge in [0.25, 0.3) is 5.72 Å². The molecule has 178 valence electrons. The zero-order valence-electron chi connectivity index (χ0n) is 18.2. The molecule has 0 saturated carbocycles. The predicted molar refractivity (Wildman–Crippen MR) is 115 cm³/mol. The summed E-state index contributed by atoms with van der Waals surface area (Å²) in [6.45, 7) is 4.53. The normalized spacial score (nSPS) is 22.8. The van der Waals surface area contributed by atoms with E-state index >= 15 is 0 Å². The number of ether oxygens (including phenoxy) is 1. The minimum atomic E-state index is -5.31. The molecule has 1 heterocycles. The summed E-state index contributed by atoms with van der Waals surface area (Å²) in [5, 5.41) is 14.2. The van der Waals surface area contributed by atoms with Crippen molar-refractivity contribution < 1.29 is 32.6 Å². The lowest BCUT2D eigenvalue weighted by Crippen LogP contribution is -2.73. The van der Waals surface area contributed by atoms with Crippen LogP contribution in [0.2, 0.25) is 0 Å². The van der Waals surface area contributed by atoms with Gasteiger partial charge in [-0.1, -0.05) is 42.5 Å². The third kappa shape index (κ3) is 5.05. The van der Waals surface area contributed by atoms with Crippen molar-refractivity contribution in [3.05, 3.63) is 65.7 Å². The van der Waals surface area contributed by atoms with Crippen LogP contribution in [0.5, 0.6) is 0 Å². The molecule has 1 fully saturated rings. The molecule has 3 atom stereocenters. The molecule has 33 heavy (non-hydrogen) atoms. The number of esters is 1. The summed E-state index contributed by atoms with van der Waals surface area (Å²) in [4.78, 5) is 26.6. The molecule has 0 aromatic heterocycles. The fraction of sp³-hybridized carbons (Fsp3) is 0.391. The first-order valence-corrected chi connectivity index (χ1v) is 10.5. The number of benzene rings is 2. The van der Waals surface area contributed by atoms with E-state index in [4.69, 9.17) is 4.74 Å². The molecule has 0 spiro atoms. The van der Waals surface area contributed by atoms with Crippen LogP contribution in [0.3, 0.4) is 0 Å². The van der Waals surface area contributed by atoms with E-state index < -0.39 is 35.9 Å². The SMILES string of the molecule is CCOC(=O)[C@H]1[C@H](c2ccc(N(CC)Cc3ccccc3)cc2)NC(=O)N[C@@]1(O)C(F)(F)F. The van der Waals surface area contributed by atoms with Crippen molar-refractivity contribution in [3.8, 4) is 0 Å². The Bertz CT molecular complexity index is 969. The van der Waals surface area contributed by atoms with E-state index in [0.717, 1.165) is 11.3 Å². The Morgan fingerprint density at radius 3 is 2.30 bits per heavy atom. The molecule has 2 amide bonds. The standard InChI is InChI=1S/C23H26F3N3O4/c1-3-29(14-15-8-6-5-7-9-15)17-12-10-16(11-13-17)19-18(20(30)33-4-2)22(32,23(24,25)26)28-21(31)27-19/h5-13,18-19,32H,3-4,14H2,1-2H3,(H2,27,28,31)/t18-,19+,22+/m1/s1. The van der Waals surface area contributed by atoms with Gasteiger partial charge in [-0.2, -0.15) is 13.2 Å². The fourth-order valence-electron chi connectivity index (χ4n) is 3.90. The number of hydrogen-bond acceptors (Lipinski definition) is 5. The van der Waals surface area contributed by atoms with Gasteiger partial charge in [0.1, 0.15) is 5.92 Å². The number of alkyl halides is 3. The molecule has 3 rings (SSSR count). The minimum absolute atomic E-state index is 0.187. The van der Waals surface area contributed by atoms with E-state index in [1.807, 2.05) is 37.3 Å². The van der Waals surface area contributed by atoms with Gasteiger partial charge in [0.15, 0.2) is 0 Å². The number of urea groups is 1. The molecule has 1 aliphatic heterocycles. The number of rotatable bonds is 7. The van der Waals surface area contributed by atoms with Gasteiger partial charge in [-0.25, -0.2) is 4.79 Å². The van der Waals surface area contributed by atoms with E-state index in [1.165, 1.54) is 24.4 Å². The van der Waals surface area contributed by atoms with Crippen molar-refractivity contribution in [2.75, 3.05) is 18.1 Å². The average Bonchev–Trinajstić information content (AvgIpc) is 2.77. The number of hydrogen-bond donors (Lipinski definition) is 3. The Hall–Kier alpha value is -3.27. The number of nitrogens with zero attached hydrogens (tertiary/aromatic N) is 1. The summed E-state index contributed by atoms with van der Waals surface area (Å²) in [5.74, 6) is -3.43. The zero-order valence-corrected chi connectivity index (χ0v) is 18.2. The summed E-state index contributed by atoms with van der Waals surface area (Å²) in [7, 11) is 0. The van der Waals surface area contributed by atoms with Gasteiger partial charge in [0.2, 0.25) is 0 Å². The summed E-state index contributed by atoms with van der Waals surface area (Å²) in [5.41, 5.74) is -1.66. The Balaban J connectivity index is 1.93. The largest absolute Gasteiger partial charge is 0.466 e. The highest BCUT2D eigenvalue weighted by Crippen LogP contribution is 2.43. The number of carbonyl (C=O) groups excluding carboxylic acids is 2. The smallest absolute Gasteiger partial charge is 0.437 e. The Morgan fingerprint density at radius 2 is 1.76 bits per heavy atom. The Morgan fingerprint density at radius 1 is 1.12 bits per heavy atom. The van der Waals surface area contributed by atoms with Crippen LogP contribution in [-0.4, -0.2) is 42.2 Å². The number of aliphatic hydroxyl groups is 1. The van der Waals surface area contributed by atoms with Crippen molar-refractivity contribution >= 4 is 17.7 Å². The van der Waals surface area contributed by atoms with E-state index in [9.17, 15) is 27.9 Å². The molecule has 0 unspecified atom stereocenters. The van der Waals surface area contributed by atoms with E-state index in [-0.39, 0.29) is 12.2 Å². The van der Waals surface area contributed by atoms with Crippen LogP contribution < -0.4 is 15.5 Å². The second-order valence-electron chi connectivity index (χ2n) is 7.66. The lowest BCUT2D eigenvalue weighted by Gasteiger charge is -2.44. The number of halogens is 3. The van der Waals surface area contributed by atoms with Crippen LogP contribution in [0.15, 0.2) is 54.6 Å². The zero-order chi connectivity index (χ0) is 24.2. The number of anilines is 1. The van der Waals surface area contributed by atoms with Crippen LogP contribution >= 0.6 is 0 Å². The van der Waals surface area contributed by atoms with Gasteiger partial charge in [-0.3, -0.25) is 4.79 Å². The molecule has 2 aromatic carbocycles. The quantitative estimate of drug-likeness (QED) is 0.545. The summed E-state index contributed by atoms with van der Waals surface area (Å²) in [6, 6.07) is 13.5. The van der Waals surface area contributed by atoms with Gasteiger partial charge >= 0.3 is 18.2 Å². The van der Waals surface area contributed by atoms with Gasteiger partial charge < -0.3 is 25.4 Å². The lowest BCUT2D eigenvalue weighted by molar-refractivity contribution is -0.294. The summed E-state index contributed by atoms with van der Waals surface area (Å²) >= 11 is 0. The van der Waals surface area contributed by atoms with E-state index in [1.54, 1.807) is 12.1 Å². The van der Waals surface area contributed by atoms with Crippen LogP contribution in [0, 0.1) is 5.92 Å². The second kappa shape index (κ2) is 9.70. The lowest BCUT2D eigenvalue weighted by atomic mass is 9.82. The molecular weight excluding hydrogens is 439 g/mol.